The van der Waals surface area contributed by atoms with E-state index in [0.29, 0.717) is 0 Å². The molecule has 1 fully saturated rings. The fourth-order valence-corrected chi connectivity index (χ4v) is 1.85. The van der Waals surface area contributed by atoms with Gasteiger partial charge in [-0.05, 0) is 0 Å². The highest BCUT2D eigenvalue weighted by Crippen LogP contribution is 2.27. The minimum atomic E-state index is -1.43. The standard InChI is InChI=1S/C10H14N4O6/c1-4(16)12-6-2-11-14(10(19)13-6)9-8(18)7(17)5(3-15)20-9/h2,5,7-9,15,17-18H,3H2,1H3,(H,12,13,16,19)/t5-,7?,8+,9-/m1/s1. The van der Waals surface area contributed by atoms with Crippen LogP contribution in [0.3, 0.4) is 0 Å². The van der Waals surface area contributed by atoms with Crippen molar-refractivity contribution in [1.29, 1.82) is 0 Å². The predicted molar refractivity (Wildman–Crippen MR) is 63.6 cm³/mol. The SMILES string of the molecule is CC(=O)Nc1cnn([C@@H]2O[C@H](CO)C(O)[C@@H]2O)c(=O)n1. The summed E-state index contributed by atoms with van der Waals surface area (Å²) in [6.45, 7) is 0.736. The topological polar surface area (TPSA) is 147 Å². The minimum absolute atomic E-state index is 0.0366. The number of carbonyl (C=O) groups excluding carboxylic acids is 1. The van der Waals surface area contributed by atoms with Gasteiger partial charge in [0.15, 0.2) is 12.0 Å². The zero-order valence-electron chi connectivity index (χ0n) is 10.5. The number of hydrogen-bond acceptors (Lipinski definition) is 8. The predicted octanol–water partition coefficient (Wildman–Crippen LogP) is -2.79. The van der Waals surface area contributed by atoms with Crippen molar-refractivity contribution < 1.29 is 24.9 Å². The first-order valence-corrected chi connectivity index (χ1v) is 5.80. The number of aliphatic hydroxyl groups is 3. The van der Waals surface area contributed by atoms with E-state index in [-0.39, 0.29) is 5.82 Å². The summed E-state index contributed by atoms with van der Waals surface area (Å²) in [6, 6.07) is 0. The zero-order chi connectivity index (χ0) is 14.9. The summed E-state index contributed by atoms with van der Waals surface area (Å²) in [5, 5.41) is 34.3. The minimum Gasteiger partial charge on any atom is -0.394 e. The summed E-state index contributed by atoms with van der Waals surface area (Å²) >= 11 is 0. The van der Waals surface area contributed by atoms with E-state index in [1.54, 1.807) is 0 Å². The molecular weight excluding hydrogens is 272 g/mol. The molecule has 4 atom stereocenters. The van der Waals surface area contributed by atoms with Gasteiger partial charge in [0.2, 0.25) is 5.91 Å². The Morgan fingerprint density at radius 2 is 2.20 bits per heavy atom. The lowest BCUT2D eigenvalue weighted by Gasteiger charge is -2.15. The van der Waals surface area contributed by atoms with E-state index < -0.39 is 42.7 Å². The molecule has 110 valence electrons. The number of amides is 1. The first kappa shape index (κ1) is 14.5. The molecule has 10 heteroatoms. The van der Waals surface area contributed by atoms with Crippen LogP contribution in [0.4, 0.5) is 5.82 Å². The van der Waals surface area contributed by atoms with Crippen LogP contribution in [0.15, 0.2) is 11.0 Å². The number of hydrogen-bond donors (Lipinski definition) is 4. The van der Waals surface area contributed by atoms with E-state index in [9.17, 15) is 19.8 Å². The molecule has 1 aliphatic heterocycles. The largest absolute Gasteiger partial charge is 0.394 e. The highest BCUT2D eigenvalue weighted by Gasteiger charge is 2.44. The van der Waals surface area contributed by atoms with Crippen molar-refractivity contribution >= 4 is 11.7 Å². The van der Waals surface area contributed by atoms with Crippen molar-refractivity contribution in [1.82, 2.24) is 14.8 Å². The Morgan fingerprint density at radius 3 is 2.70 bits per heavy atom. The number of aliphatic hydroxyl groups excluding tert-OH is 3. The molecule has 2 rings (SSSR count). The lowest BCUT2D eigenvalue weighted by atomic mass is 10.1. The fourth-order valence-electron chi connectivity index (χ4n) is 1.85. The van der Waals surface area contributed by atoms with Gasteiger partial charge in [0.05, 0.1) is 12.8 Å². The maximum atomic E-state index is 11.8. The molecule has 1 aromatic rings. The van der Waals surface area contributed by atoms with Gasteiger partial charge in [-0.1, -0.05) is 0 Å². The number of carbonyl (C=O) groups is 1. The third-order valence-corrected chi connectivity index (χ3v) is 2.78. The third-order valence-electron chi connectivity index (χ3n) is 2.78. The molecule has 4 N–H and O–H groups in total. The summed E-state index contributed by atoms with van der Waals surface area (Å²) in [4.78, 5) is 26.1. The van der Waals surface area contributed by atoms with E-state index in [0.717, 1.165) is 10.9 Å². The average molecular weight is 286 g/mol. The van der Waals surface area contributed by atoms with Crippen LogP contribution in [-0.4, -0.2) is 60.9 Å². The Bertz CT molecular complexity index is 561. The third kappa shape index (κ3) is 2.67. The molecule has 1 unspecified atom stereocenters. The maximum absolute atomic E-state index is 11.8. The molecule has 1 aromatic heterocycles. The molecule has 1 saturated heterocycles. The van der Waals surface area contributed by atoms with Gasteiger partial charge in [-0.2, -0.15) is 14.8 Å². The zero-order valence-corrected chi connectivity index (χ0v) is 10.5. The van der Waals surface area contributed by atoms with Crippen molar-refractivity contribution in [2.75, 3.05) is 11.9 Å². The first-order valence-electron chi connectivity index (χ1n) is 5.80. The normalized spacial score (nSPS) is 29.4. The number of rotatable bonds is 3. The Kier molecular flexibility index (Phi) is 4.09. The van der Waals surface area contributed by atoms with Crippen molar-refractivity contribution in [3.8, 4) is 0 Å². The van der Waals surface area contributed by atoms with Gasteiger partial charge in [0.1, 0.15) is 18.3 Å². The van der Waals surface area contributed by atoms with Crippen LogP contribution in [0.25, 0.3) is 0 Å². The van der Waals surface area contributed by atoms with E-state index in [1.165, 1.54) is 6.92 Å². The first-order chi connectivity index (χ1) is 9.43. The van der Waals surface area contributed by atoms with Crippen molar-refractivity contribution in [3.05, 3.63) is 16.7 Å². The molecule has 0 aromatic carbocycles. The smallest absolute Gasteiger partial charge is 0.368 e. The monoisotopic (exact) mass is 286 g/mol. The van der Waals surface area contributed by atoms with Gasteiger partial charge in [0, 0.05) is 6.92 Å². The molecular formula is C10H14N4O6. The van der Waals surface area contributed by atoms with Gasteiger partial charge in [-0.3, -0.25) is 4.79 Å². The molecule has 2 heterocycles. The molecule has 0 spiro atoms. The second-order valence-corrected chi connectivity index (χ2v) is 4.28. The highest BCUT2D eigenvalue weighted by molar-refractivity contribution is 5.87. The summed E-state index contributed by atoms with van der Waals surface area (Å²) in [5.41, 5.74) is -0.869. The molecule has 1 aliphatic rings. The Labute approximate surface area is 112 Å². The van der Waals surface area contributed by atoms with Crippen LogP contribution in [-0.2, 0) is 9.53 Å². The van der Waals surface area contributed by atoms with Gasteiger partial charge in [0.25, 0.3) is 0 Å². The number of nitrogens with zero attached hydrogens (tertiary/aromatic N) is 3. The molecule has 0 radical (unpaired) electrons. The summed E-state index contributed by atoms with van der Waals surface area (Å²) in [5.74, 6) is -0.449. The van der Waals surface area contributed by atoms with Crippen LogP contribution in [0, 0.1) is 0 Å². The lowest BCUT2D eigenvalue weighted by molar-refractivity contribution is -0.114. The maximum Gasteiger partial charge on any atom is 0.368 e. The van der Waals surface area contributed by atoms with E-state index in [2.05, 4.69) is 15.4 Å². The summed E-state index contributed by atoms with van der Waals surface area (Å²) in [6.07, 6.45) is -3.93. The summed E-state index contributed by atoms with van der Waals surface area (Å²) in [7, 11) is 0. The second kappa shape index (κ2) is 5.63. The van der Waals surface area contributed by atoms with Crippen molar-refractivity contribution in [2.24, 2.45) is 0 Å². The van der Waals surface area contributed by atoms with Crippen LogP contribution in [0.5, 0.6) is 0 Å². The van der Waals surface area contributed by atoms with E-state index in [1.807, 2.05) is 0 Å². The molecule has 0 bridgehead atoms. The lowest BCUT2D eigenvalue weighted by Crippen LogP contribution is -2.37. The average Bonchev–Trinajstić information content (AvgIpc) is 2.66. The quantitative estimate of drug-likeness (QED) is 0.466. The Morgan fingerprint density at radius 1 is 1.50 bits per heavy atom. The Hall–Kier alpha value is -1.88. The van der Waals surface area contributed by atoms with Crippen LogP contribution >= 0.6 is 0 Å². The van der Waals surface area contributed by atoms with E-state index >= 15 is 0 Å². The van der Waals surface area contributed by atoms with Crippen molar-refractivity contribution in [3.63, 3.8) is 0 Å². The van der Waals surface area contributed by atoms with Gasteiger partial charge in [-0.25, -0.2) is 4.79 Å². The van der Waals surface area contributed by atoms with Gasteiger partial charge >= 0.3 is 5.69 Å². The highest BCUT2D eigenvalue weighted by atomic mass is 16.6. The van der Waals surface area contributed by atoms with Crippen LogP contribution < -0.4 is 11.0 Å². The summed E-state index contributed by atoms with van der Waals surface area (Å²) < 4.78 is 5.88. The molecule has 10 nitrogen and oxygen atoms in total. The van der Waals surface area contributed by atoms with Crippen molar-refractivity contribution in [2.45, 2.75) is 31.5 Å². The molecule has 20 heavy (non-hydrogen) atoms. The second-order valence-electron chi connectivity index (χ2n) is 4.28. The van der Waals surface area contributed by atoms with Gasteiger partial charge < -0.3 is 25.4 Å². The van der Waals surface area contributed by atoms with Gasteiger partial charge in [-0.15, -0.1) is 0 Å². The number of ether oxygens (including phenoxy) is 1. The van der Waals surface area contributed by atoms with E-state index in [4.69, 9.17) is 9.84 Å². The number of nitrogens with one attached hydrogen (secondary N) is 1. The van der Waals surface area contributed by atoms with Crippen LogP contribution in [0.2, 0.25) is 0 Å². The molecule has 1 amide bonds. The number of aromatic nitrogens is 3. The van der Waals surface area contributed by atoms with Crippen LogP contribution in [0.1, 0.15) is 13.2 Å². The molecule has 0 aliphatic carbocycles. The Balaban J connectivity index is 2.26. The fraction of sp³-hybridized carbons (Fsp3) is 0.600. The number of anilines is 1. The molecule has 0 saturated carbocycles.